The number of benzene rings is 1. The Bertz CT molecular complexity index is 761. The van der Waals surface area contributed by atoms with E-state index in [0.717, 1.165) is 76.1 Å². The predicted octanol–water partition coefficient (Wildman–Crippen LogP) is 3.35. The number of aromatic amines is 1. The molecule has 1 saturated heterocycles. The number of nitrogens with two attached hydrogens (primary N) is 1. The normalized spacial score (nSPS) is 15.6. The van der Waals surface area contributed by atoms with E-state index in [0.29, 0.717) is 17.3 Å². The maximum Gasteiger partial charge on any atom is 0.270 e. The number of amides is 1. The summed E-state index contributed by atoms with van der Waals surface area (Å²) in [7, 11) is 0. The van der Waals surface area contributed by atoms with Crippen molar-refractivity contribution in [3.8, 4) is 0 Å². The minimum absolute atomic E-state index is 0.0868. The summed E-state index contributed by atoms with van der Waals surface area (Å²) < 4.78 is 5.82. The van der Waals surface area contributed by atoms with Gasteiger partial charge in [0.25, 0.3) is 5.91 Å². The standard InChI is InChI=1S/C22H34N4O2/c1-3-25(4-2)12-14-28-13-9-17-7-10-26(11-8-17)22(27)21-16-18-15-19(23)5-6-20(18)24-21/h5-6,15-17,24H,3-4,7-14,23H2,1-2H3. The second-order valence-corrected chi connectivity index (χ2v) is 7.69. The number of likely N-dealkylation sites (N-methyl/N-ethyl adjacent to an activating group) is 1. The van der Waals surface area contributed by atoms with Crippen LogP contribution in [0.3, 0.4) is 0 Å². The molecule has 1 fully saturated rings. The van der Waals surface area contributed by atoms with Crippen LogP contribution in [0.5, 0.6) is 0 Å². The van der Waals surface area contributed by atoms with Gasteiger partial charge < -0.3 is 25.3 Å². The number of hydrogen-bond donors (Lipinski definition) is 2. The summed E-state index contributed by atoms with van der Waals surface area (Å²) in [5.41, 5.74) is 8.15. The molecule has 0 atom stereocenters. The number of carbonyl (C=O) groups is 1. The van der Waals surface area contributed by atoms with Crippen molar-refractivity contribution in [2.75, 3.05) is 51.7 Å². The summed E-state index contributed by atoms with van der Waals surface area (Å²) in [6.07, 6.45) is 3.20. The van der Waals surface area contributed by atoms with Gasteiger partial charge in [-0.1, -0.05) is 13.8 Å². The first-order valence-electron chi connectivity index (χ1n) is 10.6. The molecule has 0 unspecified atom stereocenters. The molecule has 154 valence electrons. The van der Waals surface area contributed by atoms with Gasteiger partial charge in [-0.3, -0.25) is 4.79 Å². The van der Waals surface area contributed by atoms with Crippen molar-refractivity contribution >= 4 is 22.5 Å². The molecule has 1 aliphatic rings. The molecule has 3 N–H and O–H groups in total. The zero-order valence-corrected chi connectivity index (χ0v) is 17.2. The summed E-state index contributed by atoms with van der Waals surface area (Å²) in [6, 6.07) is 7.58. The van der Waals surface area contributed by atoms with Gasteiger partial charge in [-0.2, -0.15) is 0 Å². The SMILES string of the molecule is CCN(CC)CCOCCC1CCN(C(=O)c2cc3cc(N)ccc3[nH]2)CC1. The van der Waals surface area contributed by atoms with Crippen LogP contribution in [0.2, 0.25) is 0 Å². The van der Waals surface area contributed by atoms with Crippen molar-refractivity contribution in [3.05, 3.63) is 30.0 Å². The smallest absolute Gasteiger partial charge is 0.270 e. The minimum atomic E-state index is 0.0868. The van der Waals surface area contributed by atoms with Gasteiger partial charge >= 0.3 is 0 Å². The highest BCUT2D eigenvalue weighted by Gasteiger charge is 2.24. The van der Waals surface area contributed by atoms with E-state index in [-0.39, 0.29) is 5.91 Å². The number of ether oxygens (including phenoxy) is 1. The number of nitrogens with one attached hydrogen (secondary N) is 1. The van der Waals surface area contributed by atoms with E-state index >= 15 is 0 Å². The number of fused-ring (bicyclic) bond motifs is 1. The molecule has 1 aromatic carbocycles. The van der Waals surface area contributed by atoms with E-state index in [1.54, 1.807) is 0 Å². The quantitative estimate of drug-likeness (QED) is 0.512. The number of anilines is 1. The van der Waals surface area contributed by atoms with E-state index in [2.05, 4.69) is 23.7 Å². The van der Waals surface area contributed by atoms with Gasteiger partial charge in [-0.15, -0.1) is 0 Å². The molecule has 1 aromatic heterocycles. The molecule has 6 nitrogen and oxygen atoms in total. The Morgan fingerprint density at radius 3 is 2.68 bits per heavy atom. The Balaban J connectivity index is 1.40. The van der Waals surface area contributed by atoms with Crippen LogP contribution < -0.4 is 5.73 Å². The van der Waals surface area contributed by atoms with Crippen LogP contribution in [0.15, 0.2) is 24.3 Å². The number of piperidine rings is 1. The van der Waals surface area contributed by atoms with Crippen molar-refractivity contribution in [3.63, 3.8) is 0 Å². The predicted molar refractivity (Wildman–Crippen MR) is 115 cm³/mol. The summed E-state index contributed by atoms with van der Waals surface area (Å²) in [5, 5.41) is 0.986. The lowest BCUT2D eigenvalue weighted by Crippen LogP contribution is -2.38. The number of likely N-dealkylation sites (tertiary alicyclic amines) is 1. The molecule has 1 aliphatic heterocycles. The number of hydrogen-bond acceptors (Lipinski definition) is 4. The van der Waals surface area contributed by atoms with Crippen molar-refractivity contribution in [2.24, 2.45) is 5.92 Å². The van der Waals surface area contributed by atoms with E-state index in [4.69, 9.17) is 10.5 Å². The first-order valence-corrected chi connectivity index (χ1v) is 10.6. The number of H-pyrrole nitrogens is 1. The molecular weight excluding hydrogens is 352 g/mol. The lowest BCUT2D eigenvalue weighted by Gasteiger charge is -2.31. The fourth-order valence-electron chi connectivity index (χ4n) is 3.95. The van der Waals surface area contributed by atoms with Crippen LogP contribution in [0, 0.1) is 5.92 Å². The summed E-state index contributed by atoms with van der Waals surface area (Å²) in [6.45, 7) is 10.8. The van der Waals surface area contributed by atoms with E-state index in [1.807, 2.05) is 29.2 Å². The molecule has 6 heteroatoms. The minimum Gasteiger partial charge on any atom is -0.399 e. The van der Waals surface area contributed by atoms with Crippen molar-refractivity contribution < 1.29 is 9.53 Å². The van der Waals surface area contributed by atoms with E-state index in [1.165, 1.54) is 0 Å². The van der Waals surface area contributed by atoms with Crippen molar-refractivity contribution in [2.45, 2.75) is 33.1 Å². The third-order valence-corrected chi connectivity index (χ3v) is 5.89. The Morgan fingerprint density at radius 1 is 1.21 bits per heavy atom. The zero-order chi connectivity index (χ0) is 19.9. The number of nitrogen functional groups attached to an aromatic ring is 1. The van der Waals surface area contributed by atoms with Crippen LogP contribution in [0.4, 0.5) is 5.69 Å². The third kappa shape index (κ3) is 5.26. The largest absolute Gasteiger partial charge is 0.399 e. The first kappa shape index (κ1) is 20.7. The molecule has 2 aromatic rings. The average Bonchev–Trinajstić information content (AvgIpc) is 3.14. The fourth-order valence-corrected chi connectivity index (χ4v) is 3.95. The molecule has 1 amide bonds. The lowest BCUT2D eigenvalue weighted by atomic mass is 9.94. The Labute approximate surface area is 168 Å². The van der Waals surface area contributed by atoms with Gasteiger partial charge in [0.05, 0.1) is 6.61 Å². The molecule has 0 spiro atoms. The van der Waals surface area contributed by atoms with Gasteiger partial charge in [0, 0.05) is 42.8 Å². The maximum atomic E-state index is 12.8. The molecule has 0 saturated carbocycles. The Kier molecular flexibility index (Phi) is 7.34. The van der Waals surface area contributed by atoms with E-state index < -0.39 is 0 Å². The Hall–Kier alpha value is -2.05. The number of aromatic nitrogens is 1. The number of rotatable bonds is 9. The molecule has 0 radical (unpaired) electrons. The maximum absolute atomic E-state index is 12.8. The Morgan fingerprint density at radius 2 is 1.96 bits per heavy atom. The second kappa shape index (κ2) is 9.94. The van der Waals surface area contributed by atoms with Crippen LogP contribution in [-0.2, 0) is 4.74 Å². The highest BCUT2D eigenvalue weighted by atomic mass is 16.5. The lowest BCUT2D eigenvalue weighted by molar-refractivity contribution is 0.0628. The van der Waals surface area contributed by atoms with Crippen LogP contribution in [-0.4, -0.2) is 66.6 Å². The highest BCUT2D eigenvalue weighted by Crippen LogP contribution is 2.24. The molecule has 28 heavy (non-hydrogen) atoms. The summed E-state index contributed by atoms with van der Waals surface area (Å²) >= 11 is 0. The molecule has 2 heterocycles. The average molecular weight is 387 g/mol. The number of nitrogens with zero attached hydrogens (tertiary/aromatic N) is 2. The van der Waals surface area contributed by atoms with Crippen molar-refractivity contribution in [1.82, 2.24) is 14.8 Å². The van der Waals surface area contributed by atoms with Gasteiger partial charge in [0.1, 0.15) is 5.69 Å². The fraction of sp³-hybridized carbons (Fsp3) is 0.591. The van der Waals surface area contributed by atoms with Crippen LogP contribution >= 0.6 is 0 Å². The number of carbonyl (C=O) groups excluding carboxylic acids is 1. The van der Waals surface area contributed by atoms with Gasteiger partial charge in [0.15, 0.2) is 0 Å². The molecule has 3 rings (SSSR count). The molecular formula is C22H34N4O2. The van der Waals surface area contributed by atoms with E-state index in [9.17, 15) is 4.79 Å². The van der Waals surface area contributed by atoms with Gasteiger partial charge in [-0.25, -0.2) is 0 Å². The van der Waals surface area contributed by atoms with Crippen molar-refractivity contribution in [1.29, 1.82) is 0 Å². The third-order valence-electron chi connectivity index (χ3n) is 5.89. The first-order chi connectivity index (χ1) is 13.6. The monoisotopic (exact) mass is 386 g/mol. The summed E-state index contributed by atoms with van der Waals surface area (Å²) in [4.78, 5) is 20.4. The molecule has 0 aliphatic carbocycles. The topological polar surface area (TPSA) is 74.6 Å². The summed E-state index contributed by atoms with van der Waals surface area (Å²) in [5.74, 6) is 0.740. The zero-order valence-electron chi connectivity index (χ0n) is 17.2. The van der Waals surface area contributed by atoms with Crippen LogP contribution in [0.25, 0.3) is 10.9 Å². The molecule has 0 bridgehead atoms. The van der Waals surface area contributed by atoms with Crippen LogP contribution in [0.1, 0.15) is 43.6 Å². The van der Waals surface area contributed by atoms with Gasteiger partial charge in [0.2, 0.25) is 0 Å². The highest BCUT2D eigenvalue weighted by molar-refractivity contribution is 5.98. The van der Waals surface area contributed by atoms with Gasteiger partial charge in [-0.05, 0) is 62.5 Å². The second-order valence-electron chi connectivity index (χ2n) is 7.69.